The van der Waals surface area contributed by atoms with Crippen molar-refractivity contribution in [2.45, 2.75) is 11.8 Å². The van der Waals surface area contributed by atoms with Crippen molar-refractivity contribution in [3.8, 4) is 0 Å². The van der Waals surface area contributed by atoms with Gasteiger partial charge in [0.2, 0.25) is 0 Å². The van der Waals surface area contributed by atoms with Crippen LogP contribution in [0.15, 0.2) is 81.7 Å². The first kappa shape index (κ1) is 13.9. The molecule has 2 heterocycles. The summed E-state index contributed by atoms with van der Waals surface area (Å²) in [7, 11) is 0. The summed E-state index contributed by atoms with van der Waals surface area (Å²) in [5.41, 5.74) is 4.68. The maximum atomic E-state index is 4.89. The lowest BCUT2D eigenvalue weighted by molar-refractivity contribution is 1.00. The number of nitrogens with zero attached hydrogens (tertiary/aromatic N) is 2. The monoisotopic (exact) mass is 328 g/mol. The van der Waals surface area contributed by atoms with Crippen LogP contribution in [-0.2, 0) is 0 Å². The number of para-hydroxylation sites is 1. The molecule has 0 spiro atoms. The second kappa shape index (κ2) is 5.25. The van der Waals surface area contributed by atoms with Gasteiger partial charge < -0.3 is 4.90 Å². The lowest BCUT2D eigenvalue weighted by Crippen LogP contribution is -2.17. The van der Waals surface area contributed by atoms with E-state index in [1.807, 2.05) is 11.8 Å². The van der Waals surface area contributed by atoms with Crippen LogP contribution >= 0.6 is 11.8 Å². The van der Waals surface area contributed by atoms with Crippen LogP contribution in [0, 0.1) is 0 Å². The summed E-state index contributed by atoms with van der Waals surface area (Å²) in [4.78, 5) is 8.58. The van der Waals surface area contributed by atoms with E-state index in [2.05, 4.69) is 78.6 Å². The maximum Gasteiger partial charge on any atom is 0.0823 e. The predicted octanol–water partition coefficient (Wildman–Crippen LogP) is 5.75. The minimum atomic E-state index is 0.959. The first-order valence-corrected chi connectivity index (χ1v) is 9.04. The molecule has 0 radical (unpaired) electrons. The smallest absolute Gasteiger partial charge is 0.0823 e. The number of rotatable bonds is 2. The normalized spacial score (nSPS) is 16.8. The van der Waals surface area contributed by atoms with Gasteiger partial charge in [-0.1, -0.05) is 54.2 Å². The second-order valence-electron chi connectivity index (χ2n) is 5.97. The van der Waals surface area contributed by atoms with Crippen molar-refractivity contribution < 1.29 is 0 Å². The molecular weight excluding hydrogens is 312 g/mol. The molecule has 3 heteroatoms. The third-order valence-corrected chi connectivity index (χ3v) is 5.73. The number of hydrogen-bond donors (Lipinski definition) is 0. The standard InChI is InChI=1S/C21H16N2S/c1-2-23-18-11-3-4-12-19(18)24-20(23)13-17-15-9-5-7-14-8-6-10-16(22-17)21(14)15/h3-13H,2H2,1H3/b20-13-. The zero-order valence-corrected chi connectivity index (χ0v) is 14.2. The Morgan fingerprint density at radius 1 is 1.00 bits per heavy atom. The molecule has 0 saturated carbocycles. The molecular formula is C21H16N2S. The summed E-state index contributed by atoms with van der Waals surface area (Å²) in [5.74, 6) is 0. The van der Waals surface area contributed by atoms with Gasteiger partial charge in [0.05, 0.1) is 22.1 Å². The van der Waals surface area contributed by atoms with Crippen LogP contribution in [0.5, 0.6) is 0 Å². The van der Waals surface area contributed by atoms with Gasteiger partial charge in [-0.2, -0.15) is 0 Å². The topological polar surface area (TPSA) is 15.6 Å². The lowest BCUT2D eigenvalue weighted by atomic mass is 10.0. The van der Waals surface area contributed by atoms with Crippen molar-refractivity contribution in [3.05, 3.63) is 77.3 Å². The molecule has 2 aliphatic rings. The summed E-state index contributed by atoms with van der Waals surface area (Å²) >= 11 is 1.83. The molecule has 5 rings (SSSR count). The van der Waals surface area contributed by atoms with Crippen LogP contribution < -0.4 is 4.90 Å². The third-order valence-electron chi connectivity index (χ3n) is 4.61. The van der Waals surface area contributed by atoms with Crippen LogP contribution in [0.25, 0.3) is 10.8 Å². The van der Waals surface area contributed by atoms with Gasteiger partial charge >= 0.3 is 0 Å². The van der Waals surface area contributed by atoms with Gasteiger partial charge in [-0.25, -0.2) is 4.99 Å². The Morgan fingerprint density at radius 3 is 2.71 bits per heavy atom. The third kappa shape index (κ3) is 1.95. The Hall–Kier alpha value is -2.52. The Kier molecular flexibility index (Phi) is 3.03. The van der Waals surface area contributed by atoms with E-state index in [-0.39, 0.29) is 0 Å². The van der Waals surface area contributed by atoms with Gasteiger partial charge in [0.1, 0.15) is 0 Å². The van der Waals surface area contributed by atoms with Crippen LogP contribution in [0.3, 0.4) is 0 Å². The molecule has 0 saturated heterocycles. The summed E-state index contributed by atoms with van der Waals surface area (Å²) < 4.78 is 0. The van der Waals surface area contributed by atoms with E-state index in [0.29, 0.717) is 0 Å². The van der Waals surface area contributed by atoms with E-state index < -0.39 is 0 Å². The van der Waals surface area contributed by atoms with Crippen molar-refractivity contribution in [1.29, 1.82) is 0 Å². The SMILES string of the molecule is CCN1/C(=C/C2=Nc3cccc4cccc2c34)Sc2ccccc21. The van der Waals surface area contributed by atoms with Gasteiger partial charge in [-0.15, -0.1) is 0 Å². The largest absolute Gasteiger partial charge is 0.335 e. The predicted molar refractivity (Wildman–Crippen MR) is 104 cm³/mol. The molecule has 0 aliphatic carbocycles. The van der Waals surface area contributed by atoms with Crippen LogP contribution in [0.4, 0.5) is 11.4 Å². The average Bonchev–Trinajstić information content (AvgIpc) is 3.15. The molecule has 0 fully saturated rings. The first-order valence-electron chi connectivity index (χ1n) is 8.22. The summed E-state index contributed by atoms with van der Waals surface area (Å²) in [6.45, 7) is 3.16. The molecule has 0 unspecified atom stereocenters. The lowest BCUT2D eigenvalue weighted by Gasteiger charge is -2.18. The molecule has 3 aromatic carbocycles. The van der Waals surface area contributed by atoms with Gasteiger partial charge in [-0.3, -0.25) is 0 Å². The molecule has 3 aromatic rings. The molecule has 2 nitrogen and oxygen atoms in total. The fourth-order valence-corrected chi connectivity index (χ4v) is 4.69. The van der Waals surface area contributed by atoms with Gasteiger partial charge in [0, 0.05) is 22.4 Å². The summed E-state index contributed by atoms with van der Waals surface area (Å²) in [6, 6.07) is 21.4. The maximum absolute atomic E-state index is 4.89. The Labute approximate surface area is 145 Å². The van der Waals surface area contributed by atoms with Crippen molar-refractivity contribution in [1.82, 2.24) is 0 Å². The summed E-state index contributed by atoms with van der Waals surface area (Å²) in [6.07, 6.45) is 2.24. The fraction of sp³-hybridized carbons (Fsp3) is 0.0952. The number of hydrogen-bond acceptors (Lipinski definition) is 3. The van der Waals surface area contributed by atoms with E-state index >= 15 is 0 Å². The highest BCUT2D eigenvalue weighted by Gasteiger charge is 2.25. The minimum absolute atomic E-state index is 0.959. The van der Waals surface area contributed by atoms with Gasteiger partial charge in [0.15, 0.2) is 0 Å². The first-order chi connectivity index (χ1) is 11.8. The average molecular weight is 328 g/mol. The zero-order chi connectivity index (χ0) is 16.1. The number of aliphatic imine (C=N–C) groups is 1. The van der Waals surface area contributed by atoms with Crippen LogP contribution in [0.1, 0.15) is 12.5 Å². The highest BCUT2D eigenvalue weighted by atomic mass is 32.2. The van der Waals surface area contributed by atoms with E-state index in [0.717, 1.165) is 17.9 Å². The highest BCUT2D eigenvalue weighted by molar-refractivity contribution is 8.03. The van der Waals surface area contributed by atoms with Crippen molar-refractivity contribution in [2.75, 3.05) is 11.4 Å². The minimum Gasteiger partial charge on any atom is -0.335 e. The van der Waals surface area contributed by atoms with Crippen molar-refractivity contribution >= 4 is 39.6 Å². The summed E-state index contributed by atoms with van der Waals surface area (Å²) in [5, 5.41) is 3.79. The molecule has 0 bridgehead atoms. The number of allylic oxidation sites excluding steroid dienone is 1. The molecule has 0 N–H and O–H groups in total. The van der Waals surface area contributed by atoms with Crippen LogP contribution in [-0.4, -0.2) is 12.3 Å². The molecule has 24 heavy (non-hydrogen) atoms. The van der Waals surface area contributed by atoms with Crippen molar-refractivity contribution in [2.24, 2.45) is 4.99 Å². The molecule has 0 amide bonds. The van der Waals surface area contributed by atoms with E-state index in [9.17, 15) is 0 Å². The molecule has 116 valence electrons. The van der Waals surface area contributed by atoms with E-state index in [1.54, 1.807) is 0 Å². The van der Waals surface area contributed by atoms with E-state index in [1.165, 1.54) is 31.9 Å². The second-order valence-corrected chi connectivity index (χ2v) is 7.04. The van der Waals surface area contributed by atoms with Gasteiger partial charge in [-0.05, 0) is 36.6 Å². The van der Waals surface area contributed by atoms with Crippen molar-refractivity contribution in [3.63, 3.8) is 0 Å². The number of fused-ring (bicyclic) bond motifs is 1. The molecule has 2 aliphatic heterocycles. The Morgan fingerprint density at radius 2 is 1.83 bits per heavy atom. The highest BCUT2D eigenvalue weighted by Crippen LogP contribution is 2.46. The number of benzene rings is 3. The van der Waals surface area contributed by atoms with E-state index in [4.69, 9.17) is 4.99 Å². The number of thioether (sulfide) groups is 1. The molecule has 0 aromatic heterocycles. The zero-order valence-electron chi connectivity index (χ0n) is 13.4. The Balaban J connectivity index is 1.63. The van der Waals surface area contributed by atoms with Crippen LogP contribution in [0.2, 0.25) is 0 Å². The van der Waals surface area contributed by atoms with Gasteiger partial charge in [0.25, 0.3) is 0 Å². The molecule has 0 atom stereocenters. The number of anilines is 1. The fourth-order valence-electron chi connectivity index (χ4n) is 3.53. The Bertz CT molecular complexity index is 1030. The quantitative estimate of drug-likeness (QED) is 0.595.